The van der Waals surface area contributed by atoms with E-state index in [1.54, 1.807) is 24.3 Å². The zero-order valence-corrected chi connectivity index (χ0v) is 21.7. The number of benzene rings is 3. The van der Waals surface area contributed by atoms with Crippen molar-refractivity contribution in [1.82, 2.24) is 0 Å². The summed E-state index contributed by atoms with van der Waals surface area (Å²) in [4.78, 5) is 23.5. The monoisotopic (exact) mass is 559 g/mol. The molecule has 0 atom stereocenters. The number of nitriles is 1. The summed E-state index contributed by atoms with van der Waals surface area (Å²) in [6.45, 7) is 1.33. The minimum Gasteiger partial charge on any atom is -0.493 e. The molecule has 0 spiro atoms. The number of carbonyl (C=O) groups excluding carboxylic acids is 2. The van der Waals surface area contributed by atoms with Gasteiger partial charge >= 0.3 is 10.1 Å². The highest BCUT2D eigenvalue weighted by Crippen LogP contribution is 2.39. The Balaban J connectivity index is 1.87. The fraction of sp³-hybridized carbons (Fsp3) is 0.0800. The number of hydrogen-bond donors (Lipinski definition) is 2. The van der Waals surface area contributed by atoms with Gasteiger partial charge < -0.3 is 19.6 Å². The molecule has 0 radical (unpaired) electrons. The van der Waals surface area contributed by atoms with Crippen molar-refractivity contribution in [1.29, 1.82) is 5.26 Å². The second-order valence-electron chi connectivity index (χ2n) is 7.41. The lowest BCUT2D eigenvalue weighted by Gasteiger charge is -2.14. The van der Waals surface area contributed by atoms with Gasteiger partial charge in [0.25, 0.3) is 5.91 Å². The van der Waals surface area contributed by atoms with Crippen LogP contribution >= 0.6 is 23.2 Å². The van der Waals surface area contributed by atoms with E-state index in [1.165, 1.54) is 56.5 Å². The fourth-order valence-corrected chi connectivity index (χ4v) is 4.40. The van der Waals surface area contributed by atoms with E-state index >= 15 is 0 Å². The Hall–Kier alpha value is -4.04. The largest absolute Gasteiger partial charge is 0.493 e. The molecule has 37 heavy (non-hydrogen) atoms. The van der Waals surface area contributed by atoms with E-state index in [0.29, 0.717) is 16.4 Å². The van der Waals surface area contributed by atoms with Gasteiger partial charge in [0, 0.05) is 23.3 Å². The van der Waals surface area contributed by atoms with E-state index < -0.39 is 16.0 Å². The highest BCUT2D eigenvalue weighted by Gasteiger charge is 2.22. The zero-order chi connectivity index (χ0) is 27.2. The van der Waals surface area contributed by atoms with Gasteiger partial charge in [-0.05, 0) is 72.3 Å². The smallest absolute Gasteiger partial charge is 0.339 e. The minimum atomic E-state index is -4.32. The Bertz CT molecular complexity index is 1510. The van der Waals surface area contributed by atoms with Crippen molar-refractivity contribution in [3.05, 3.63) is 81.8 Å². The Morgan fingerprint density at radius 3 is 2.14 bits per heavy atom. The molecule has 0 unspecified atom stereocenters. The van der Waals surface area contributed by atoms with Crippen LogP contribution < -0.4 is 19.6 Å². The second-order valence-corrected chi connectivity index (χ2v) is 9.80. The molecule has 0 fully saturated rings. The molecule has 0 saturated heterocycles. The summed E-state index contributed by atoms with van der Waals surface area (Å²) in [5, 5.41) is 14.9. The average Bonchev–Trinajstić information content (AvgIpc) is 2.85. The van der Waals surface area contributed by atoms with Crippen LogP contribution in [0.4, 0.5) is 11.4 Å². The van der Waals surface area contributed by atoms with Crippen molar-refractivity contribution in [2.24, 2.45) is 0 Å². The lowest BCUT2D eigenvalue weighted by Crippen LogP contribution is -2.13. The lowest BCUT2D eigenvalue weighted by atomic mass is 10.1. The first-order valence-electron chi connectivity index (χ1n) is 10.4. The van der Waals surface area contributed by atoms with Gasteiger partial charge in [0.05, 0.1) is 12.1 Å². The van der Waals surface area contributed by atoms with Crippen molar-refractivity contribution in [2.45, 2.75) is 11.8 Å². The maximum Gasteiger partial charge on any atom is 0.339 e. The van der Waals surface area contributed by atoms with Crippen LogP contribution in [0.1, 0.15) is 12.5 Å². The number of anilines is 2. The molecule has 3 aromatic carbocycles. The van der Waals surface area contributed by atoms with E-state index in [2.05, 4.69) is 10.6 Å². The van der Waals surface area contributed by atoms with Crippen LogP contribution in [0.25, 0.3) is 6.08 Å². The number of carbonyl (C=O) groups is 2. The Kier molecular flexibility index (Phi) is 8.78. The Morgan fingerprint density at radius 1 is 0.973 bits per heavy atom. The number of rotatable bonds is 8. The number of hydrogen-bond acceptors (Lipinski definition) is 7. The molecule has 0 heterocycles. The van der Waals surface area contributed by atoms with Crippen molar-refractivity contribution in [2.75, 3.05) is 17.7 Å². The van der Waals surface area contributed by atoms with Crippen LogP contribution in [-0.4, -0.2) is 27.3 Å². The SMILES string of the molecule is COc1cc(/C=C(\C#N)C(=O)Nc2ccc(Cl)cc2)cc(Cl)c1OS(=O)(=O)c1ccc(NC(C)=O)cc1. The van der Waals surface area contributed by atoms with Gasteiger partial charge in [0.1, 0.15) is 16.5 Å². The Labute approximate surface area is 223 Å². The molecule has 0 saturated carbocycles. The summed E-state index contributed by atoms with van der Waals surface area (Å²) in [6, 6.07) is 16.2. The molecule has 0 aliphatic carbocycles. The molecule has 0 aliphatic heterocycles. The Morgan fingerprint density at radius 2 is 1.57 bits per heavy atom. The predicted molar refractivity (Wildman–Crippen MR) is 140 cm³/mol. The van der Waals surface area contributed by atoms with Crippen molar-refractivity contribution < 1.29 is 26.9 Å². The van der Waals surface area contributed by atoms with E-state index in [1.807, 2.05) is 6.07 Å². The van der Waals surface area contributed by atoms with Crippen LogP contribution in [0.2, 0.25) is 10.0 Å². The summed E-state index contributed by atoms with van der Waals surface area (Å²) < 4.78 is 36.1. The minimum absolute atomic E-state index is 0.0485. The van der Waals surface area contributed by atoms with Crippen molar-refractivity contribution >= 4 is 62.6 Å². The highest BCUT2D eigenvalue weighted by atomic mass is 35.5. The van der Waals surface area contributed by atoms with E-state index in [-0.39, 0.29) is 38.5 Å². The molecule has 190 valence electrons. The summed E-state index contributed by atoms with van der Waals surface area (Å²) in [6.07, 6.45) is 1.26. The molecule has 3 aromatic rings. The summed E-state index contributed by atoms with van der Waals surface area (Å²) in [7, 11) is -3.05. The number of nitrogens with one attached hydrogen (secondary N) is 2. The molecule has 3 rings (SSSR count). The lowest BCUT2D eigenvalue weighted by molar-refractivity contribution is -0.114. The normalized spacial score (nSPS) is 11.3. The fourth-order valence-electron chi connectivity index (χ4n) is 3.02. The van der Waals surface area contributed by atoms with Gasteiger partial charge in [0.15, 0.2) is 5.75 Å². The molecule has 0 aromatic heterocycles. The third-order valence-corrected chi connectivity index (χ3v) is 6.45. The third-order valence-electron chi connectivity index (χ3n) is 4.69. The van der Waals surface area contributed by atoms with E-state index in [9.17, 15) is 23.3 Å². The van der Waals surface area contributed by atoms with Crippen LogP contribution in [0.15, 0.2) is 71.1 Å². The van der Waals surface area contributed by atoms with Gasteiger partial charge in [0.2, 0.25) is 11.7 Å². The highest BCUT2D eigenvalue weighted by molar-refractivity contribution is 7.87. The molecular weight excluding hydrogens is 541 g/mol. The zero-order valence-electron chi connectivity index (χ0n) is 19.4. The first-order chi connectivity index (χ1) is 17.5. The van der Waals surface area contributed by atoms with Gasteiger partial charge in [-0.15, -0.1) is 0 Å². The van der Waals surface area contributed by atoms with Crippen LogP contribution in [0.3, 0.4) is 0 Å². The molecule has 2 amide bonds. The number of ether oxygens (including phenoxy) is 1. The predicted octanol–water partition coefficient (Wildman–Crippen LogP) is 5.27. The van der Waals surface area contributed by atoms with Gasteiger partial charge in [-0.25, -0.2) is 0 Å². The first-order valence-corrected chi connectivity index (χ1v) is 12.6. The summed E-state index contributed by atoms with van der Waals surface area (Å²) in [5.74, 6) is -1.31. The molecule has 12 heteroatoms. The maximum atomic E-state index is 12.8. The molecular formula is C25H19Cl2N3O6S. The second kappa shape index (κ2) is 11.8. The van der Waals surface area contributed by atoms with Crippen LogP contribution in [-0.2, 0) is 19.7 Å². The summed E-state index contributed by atoms with van der Waals surface area (Å²) >= 11 is 12.1. The topological polar surface area (TPSA) is 135 Å². The van der Waals surface area contributed by atoms with E-state index in [4.69, 9.17) is 32.1 Å². The van der Waals surface area contributed by atoms with E-state index in [0.717, 1.165) is 0 Å². The number of amides is 2. The number of methoxy groups -OCH3 is 1. The third kappa shape index (κ3) is 7.24. The van der Waals surface area contributed by atoms with Gasteiger partial charge in [-0.2, -0.15) is 13.7 Å². The maximum absolute atomic E-state index is 12.8. The molecule has 0 aliphatic rings. The molecule has 9 nitrogen and oxygen atoms in total. The standard InChI is InChI=1S/C25H19Cl2N3O6S/c1-15(31)29-19-7-9-21(10-8-19)37(33,34)36-24-22(27)12-16(13-23(24)35-2)11-17(14-28)25(32)30-20-5-3-18(26)4-6-20/h3-13H,1-2H3,(H,29,31)(H,30,32)/b17-11+. The van der Waals surface area contributed by atoms with Gasteiger partial charge in [-0.3, -0.25) is 9.59 Å². The van der Waals surface area contributed by atoms with Crippen LogP contribution in [0, 0.1) is 11.3 Å². The molecule has 2 N–H and O–H groups in total. The van der Waals surface area contributed by atoms with Crippen LogP contribution in [0.5, 0.6) is 11.5 Å². The number of nitrogens with zero attached hydrogens (tertiary/aromatic N) is 1. The summed E-state index contributed by atoms with van der Waals surface area (Å²) in [5.41, 5.74) is 0.888. The van der Waals surface area contributed by atoms with Crippen molar-refractivity contribution in [3.63, 3.8) is 0 Å². The molecule has 0 bridgehead atoms. The first kappa shape index (κ1) is 27.5. The van der Waals surface area contributed by atoms with Crippen molar-refractivity contribution in [3.8, 4) is 17.6 Å². The van der Waals surface area contributed by atoms with Gasteiger partial charge in [-0.1, -0.05) is 23.2 Å². The quantitative estimate of drug-likeness (QED) is 0.218. The average molecular weight is 560 g/mol. The number of halogens is 2.